The molecule has 0 fully saturated rings. The molecule has 2 aromatic heterocycles. The number of aryl methyl sites for hydroxylation is 1. The van der Waals surface area contributed by atoms with Crippen molar-refractivity contribution >= 4 is 20.9 Å². The number of pyridine rings is 1. The zero-order valence-corrected chi connectivity index (χ0v) is 13.2. The van der Waals surface area contributed by atoms with Crippen molar-refractivity contribution in [2.75, 3.05) is 7.05 Å². The van der Waals surface area contributed by atoms with Crippen molar-refractivity contribution in [3.63, 3.8) is 0 Å². The number of aromatic nitrogens is 1. The van der Waals surface area contributed by atoms with E-state index in [4.69, 9.17) is 4.42 Å². The SMILES string of the molecule is Cc1cnc2c(S(=O)(=O)N(C)Cc3ccco3)cccc2c1. The largest absolute Gasteiger partial charge is 0.468 e. The third-order valence-electron chi connectivity index (χ3n) is 3.46. The van der Waals surface area contributed by atoms with E-state index in [9.17, 15) is 8.42 Å². The minimum atomic E-state index is -3.64. The van der Waals surface area contributed by atoms with Gasteiger partial charge in [-0.15, -0.1) is 0 Å². The van der Waals surface area contributed by atoms with Gasteiger partial charge in [-0.2, -0.15) is 4.31 Å². The lowest BCUT2D eigenvalue weighted by Crippen LogP contribution is -2.26. The molecule has 1 aromatic carbocycles. The number of hydrogen-bond acceptors (Lipinski definition) is 4. The van der Waals surface area contributed by atoms with Crippen LogP contribution in [0, 0.1) is 6.92 Å². The third kappa shape index (κ3) is 2.63. The Morgan fingerprint density at radius 2 is 2.05 bits per heavy atom. The second-order valence-corrected chi connectivity index (χ2v) is 7.19. The van der Waals surface area contributed by atoms with Crippen LogP contribution in [-0.4, -0.2) is 24.8 Å². The number of fused-ring (bicyclic) bond motifs is 1. The standard InChI is InChI=1S/C16H16N2O3S/c1-12-9-13-5-3-7-15(16(13)17-10-12)22(19,20)18(2)11-14-6-4-8-21-14/h3-10H,11H2,1-2H3. The highest BCUT2D eigenvalue weighted by atomic mass is 32.2. The lowest BCUT2D eigenvalue weighted by molar-refractivity contribution is 0.406. The predicted molar refractivity (Wildman–Crippen MR) is 83.8 cm³/mol. The van der Waals surface area contributed by atoms with E-state index in [0.29, 0.717) is 11.3 Å². The first kappa shape index (κ1) is 14.7. The summed E-state index contributed by atoms with van der Waals surface area (Å²) in [7, 11) is -2.11. The van der Waals surface area contributed by atoms with Gasteiger partial charge in [0.25, 0.3) is 0 Å². The maximum absolute atomic E-state index is 12.8. The summed E-state index contributed by atoms with van der Waals surface area (Å²) in [5.74, 6) is 0.593. The molecule has 3 rings (SSSR count). The molecule has 6 heteroatoms. The van der Waals surface area contributed by atoms with Gasteiger partial charge in [-0.05, 0) is 36.8 Å². The zero-order valence-electron chi connectivity index (χ0n) is 12.4. The van der Waals surface area contributed by atoms with Crippen LogP contribution in [0.5, 0.6) is 0 Å². The van der Waals surface area contributed by atoms with Crippen LogP contribution in [0.1, 0.15) is 11.3 Å². The van der Waals surface area contributed by atoms with Crippen LogP contribution in [0.25, 0.3) is 10.9 Å². The van der Waals surface area contributed by atoms with Crippen LogP contribution in [-0.2, 0) is 16.6 Å². The summed E-state index contributed by atoms with van der Waals surface area (Å²) in [6.45, 7) is 2.11. The van der Waals surface area contributed by atoms with Gasteiger partial charge in [0.1, 0.15) is 10.7 Å². The molecule has 3 aromatic rings. The number of furan rings is 1. The second kappa shape index (κ2) is 5.55. The Labute approximate surface area is 129 Å². The molecule has 2 heterocycles. The minimum Gasteiger partial charge on any atom is -0.468 e. The first-order valence-corrected chi connectivity index (χ1v) is 8.26. The van der Waals surface area contributed by atoms with Gasteiger partial charge in [-0.25, -0.2) is 8.42 Å². The van der Waals surface area contributed by atoms with Crippen molar-refractivity contribution in [3.8, 4) is 0 Å². The van der Waals surface area contributed by atoms with Crippen LogP contribution in [0.3, 0.4) is 0 Å². The van der Waals surface area contributed by atoms with Crippen molar-refractivity contribution in [2.45, 2.75) is 18.4 Å². The summed E-state index contributed by atoms with van der Waals surface area (Å²) < 4.78 is 32.1. The smallest absolute Gasteiger partial charge is 0.245 e. The monoisotopic (exact) mass is 316 g/mol. The van der Waals surface area contributed by atoms with Gasteiger partial charge in [0.15, 0.2) is 0 Å². The summed E-state index contributed by atoms with van der Waals surface area (Å²) in [6.07, 6.45) is 3.20. The molecule has 0 N–H and O–H groups in total. The summed E-state index contributed by atoms with van der Waals surface area (Å²) in [5, 5.41) is 0.812. The zero-order chi connectivity index (χ0) is 15.7. The summed E-state index contributed by atoms with van der Waals surface area (Å²) in [4.78, 5) is 4.50. The quantitative estimate of drug-likeness (QED) is 0.742. The molecule has 5 nitrogen and oxygen atoms in total. The molecule has 114 valence electrons. The number of benzene rings is 1. The normalized spacial score (nSPS) is 12.1. The van der Waals surface area contributed by atoms with E-state index in [1.165, 1.54) is 17.6 Å². The number of rotatable bonds is 4. The molecule has 0 spiro atoms. The average molecular weight is 316 g/mol. The fraction of sp³-hybridized carbons (Fsp3) is 0.188. The summed E-state index contributed by atoms with van der Waals surface area (Å²) >= 11 is 0. The number of nitrogens with zero attached hydrogens (tertiary/aromatic N) is 2. The fourth-order valence-corrected chi connectivity index (χ4v) is 3.62. The van der Waals surface area contributed by atoms with Crippen LogP contribution < -0.4 is 0 Å². The number of para-hydroxylation sites is 1. The van der Waals surface area contributed by atoms with Gasteiger partial charge in [-0.3, -0.25) is 4.98 Å². The number of hydrogen-bond donors (Lipinski definition) is 0. The molecule has 0 aliphatic carbocycles. The molecular formula is C16H16N2O3S. The van der Waals surface area contributed by atoms with Crippen LogP contribution >= 0.6 is 0 Å². The molecule has 0 amide bonds. The minimum absolute atomic E-state index is 0.178. The highest BCUT2D eigenvalue weighted by Gasteiger charge is 2.24. The molecule has 22 heavy (non-hydrogen) atoms. The third-order valence-corrected chi connectivity index (χ3v) is 5.29. The van der Waals surface area contributed by atoms with E-state index in [-0.39, 0.29) is 11.4 Å². The topological polar surface area (TPSA) is 63.4 Å². The maximum Gasteiger partial charge on any atom is 0.245 e. The second-order valence-electron chi connectivity index (χ2n) is 5.18. The molecule has 0 unspecified atom stereocenters. The van der Waals surface area contributed by atoms with Gasteiger partial charge >= 0.3 is 0 Å². The van der Waals surface area contributed by atoms with Crippen molar-refractivity contribution < 1.29 is 12.8 Å². The summed E-state index contributed by atoms with van der Waals surface area (Å²) in [5.41, 5.74) is 1.48. The van der Waals surface area contributed by atoms with Crippen LogP contribution in [0.15, 0.2) is 58.2 Å². The Bertz CT molecular complexity index is 902. The molecule has 0 bridgehead atoms. The van der Waals surface area contributed by atoms with Crippen molar-refractivity contribution in [1.82, 2.24) is 9.29 Å². The highest BCUT2D eigenvalue weighted by Crippen LogP contribution is 2.25. The molecule has 0 atom stereocenters. The van der Waals surface area contributed by atoms with Gasteiger partial charge < -0.3 is 4.42 Å². The highest BCUT2D eigenvalue weighted by molar-refractivity contribution is 7.89. The van der Waals surface area contributed by atoms with Crippen LogP contribution in [0.2, 0.25) is 0 Å². The Morgan fingerprint density at radius 1 is 1.23 bits per heavy atom. The maximum atomic E-state index is 12.8. The molecular weight excluding hydrogens is 300 g/mol. The summed E-state index contributed by atoms with van der Waals surface area (Å²) in [6, 6.07) is 10.6. The van der Waals surface area contributed by atoms with Gasteiger partial charge in [0.2, 0.25) is 10.0 Å². The first-order valence-electron chi connectivity index (χ1n) is 6.82. The van der Waals surface area contributed by atoms with Crippen molar-refractivity contribution in [3.05, 3.63) is 60.2 Å². The van der Waals surface area contributed by atoms with Gasteiger partial charge in [0.05, 0.1) is 18.3 Å². The van der Waals surface area contributed by atoms with E-state index in [0.717, 1.165) is 10.9 Å². The van der Waals surface area contributed by atoms with E-state index in [1.807, 2.05) is 19.1 Å². The lowest BCUT2D eigenvalue weighted by Gasteiger charge is -2.17. The predicted octanol–water partition coefficient (Wildman–Crippen LogP) is 2.96. The van der Waals surface area contributed by atoms with Gasteiger partial charge in [0, 0.05) is 18.6 Å². The molecule has 0 aliphatic heterocycles. The first-order chi connectivity index (χ1) is 10.5. The van der Waals surface area contributed by atoms with E-state index >= 15 is 0 Å². The van der Waals surface area contributed by atoms with E-state index < -0.39 is 10.0 Å². The van der Waals surface area contributed by atoms with Gasteiger partial charge in [-0.1, -0.05) is 12.1 Å². The number of sulfonamides is 1. The Morgan fingerprint density at radius 3 is 2.77 bits per heavy atom. The van der Waals surface area contributed by atoms with E-state index in [1.54, 1.807) is 30.5 Å². The fourth-order valence-electron chi connectivity index (χ4n) is 2.33. The molecule has 0 saturated heterocycles. The molecule has 0 aliphatic rings. The van der Waals surface area contributed by atoms with Crippen LogP contribution in [0.4, 0.5) is 0 Å². The van der Waals surface area contributed by atoms with Crippen molar-refractivity contribution in [1.29, 1.82) is 0 Å². The average Bonchev–Trinajstić information content (AvgIpc) is 2.99. The Hall–Kier alpha value is -2.18. The Balaban J connectivity index is 2.05. The molecule has 0 radical (unpaired) electrons. The van der Waals surface area contributed by atoms with Crippen molar-refractivity contribution in [2.24, 2.45) is 0 Å². The van der Waals surface area contributed by atoms with E-state index in [2.05, 4.69) is 4.98 Å². The molecule has 0 saturated carbocycles. The Kier molecular flexibility index (Phi) is 3.72. The lowest BCUT2D eigenvalue weighted by atomic mass is 10.2.